The van der Waals surface area contributed by atoms with Gasteiger partial charge in [0.05, 0.1) is 57.6 Å². The summed E-state index contributed by atoms with van der Waals surface area (Å²) < 4.78 is 4.37. The van der Waals surface area contributed by atoms with E-state index in [-0.39, 0.29) is 0 Å². The summed E-state index contributed by atoms with van der Waals surface area (Å²) >= 11 is 0. The number of aromatic nitrogens is 2. The maximum Gasteiger partial charge on any atom is 0.211 e. The fraction of sp³-hybridized carbons (Fsp3) is 0. The van der Waals surface area contributed by atoms with Gasteiger partial charge in [-0.1, -0.05) is 103 Å². The van der Waals surface area contributed by atoms with Crippen molar-refractivity contribution in [3.05, 3.63) is 174 Å². The van der Waals surface area contributed by atoms with Crippen LogP contribution in [0.5, 0.6) is 0 Å². The van der Waals surface area contributed by atoms with Crippen LogP contribution < -0.4 is 0 Å². The summed E-state index contributed by atoms with van der Waals surface area (Å²) in [6.45, 7) is 8.13. The van der Waals surface area contributed by atoms with Crippen molar-refractivity contribution in [2.45, 2.75) is 0 Å². The average Bonchev–Trinajstić information content (AvgIpc) is 3.70. The van der Waals surface area contributed by atoms with Crippen LogP contribution in [0.4, 0.5) is 5.69 Å². The van der Waals surface area contributed by atoms with Crippen LogP contribution in [0, 0.1) is 29.2 Å². The van der Waals surface area contributed by atoms with Gasteiger partial charge in [0.2, 0.25) is 5.69 Å². The smallest absolute Gasteiger partial charge is 0.211 e. The van der Waals surface area contributed by atoms with Crippen LogP contribution in [-0.4, -0.2) is 9.13 Å². The zero-order valence-corrected chi connectivity index (χ0v) is 26.7. The van der Waals surface area contributed by atoms with Crippen molar-refractivity contribution >= 4 is 49.3 Å². The second-order valence-corrected chi connectivity index (χ2v) is 12.3. The van der Waals surface area contributed by atoms with E-state index in [1.807, 2.05) is 66.7 Å². The second kappa shape index (κ2) is 11.4. The normalized spacial score (nSPS) is 11.1. The number of benzene rings is 7. The van der Waals surface area contributed by atoms with E-state index in [1.165, 1.54) is 0 Å². The van der Waals surface area contributed by atoms with Crippen LogP contribution >= 0.6 is 0 Å². The lowest BCUT2D eigenvalue weighted by molar-refractivity contribution is 1.18. The standard InChI is InChI=1S/C45H25N5/c1-48-39-24-21-33(28-47)44(45(39)50-41-12-6-2-8-35(41)36-9-3-7-13-42(36)50)32-17-15-30(16-18-32)31-19-22-34(23-20-31)49-40-11-5-4-10-37(40)38-26-29(27-46)14-25-43(38)49/h2-26H. The van der Waals surface area contributed by atoms with E-state index in [2.05, 4.69) is 98.9 Å². The van der Waals surface area contributed by atoms with Gasteiger partial charge >= 0.3 is 0 Å². The third-order valence-electron chi connectivity index (χ3n) is 9.64. The molecule has 0 unspecified atom stereocenters. The number of nitriles is 2. The predicted octanol–water partition coefficient (Wildman–Crippen LogP) is 11.5. The van der Waals surface area contributed by atoms with Crippen molar-refractivity contribution in [1.82, 2.24) is 9.13 Å². The highest BCUT2D eigenvalue weighted by Gasteiger charge is 2.21. The molecular formula is C45H25N5. The van der Waals surface area contributed by atoms with Gasteiger partial charge in [-0.05, 0) is 65.2 Å². The third kappa shape index (κ3) is 4.31. The number of nitrogens with zero attached hydrogens (tertiary/aromatic N) is 5. The van der Waals surface area contributed by atoms with Crippen molar-refractivity contribution in [3.8, 4) is 45.8 Å². The van der Waals surface area contributed by atoms with Crippen LogP contribution in [0.1, 0.15) is 11.1 Å². The Labute approximate surface area is 288 Å². The van der Waals surface area contributed by atoms with Crippen molar-refractivity contribution < 1.29 is 0 Å². The van der Waals surface area contributed by atoms with Crippen LogP contribution in [-0.2, 0) is 0 Å². The van der Waals surface area contributed by atoms with Gasteiger partial charge in [-0.25, -0.2) is 4.85 Å². The van der Waals surface area contributed by atoms with E-state index in [0.29, 0.717) is 22.5 Å². The van der Waals surface area contributed by atoms with Gasteiger partial charge < -0.3 is 9.13 Å². The van der Waals surface area contributed by atoms with Crippen molar-refractivity contribution in [2.24, 2.45) is 0 Å². The van der Waals surface area contributed by atoms with E-state index >= 15 is 0 Å². The third-order valence-corrected chi connectivity index (χ3v) is 9.64. The van der Waals surface area contributed by atoms with Gasteiger partial charge in [0.25, 0.3) is 0 Å². The number of rotatable bonds is 4. The van der Waals surface area contributed by atoms with E-state index < -0.39 is 0 Å². The van der Waals surface area contributed by atoms with Crippen molar-refractivity contribution in [3.63, 3.8) is 0 Å². The quantitative estimate of drug-likeness (QED) is 0.181. The minimum Gasteiger partial charge on any atom is -0.318 e. The molecule has 5 nitrogen and oxygen atoms in total. The molecule has 0 aliphatic rings. The number of fused-ring (bicyclic) bond motifs is 6. The molecule has 2 heterocycles. The molecule has 0 saturated heterocycles. The molecule has 230 valence electrons. The topological polar surface area (TPSA) is 61.8 Å². The summed E-state index contributed by atoms with van der Waals surface area (Å²) in [5, 5.41) is 24.2. The number of para-hydroxylation sites is 3. The maximum atomic E-state index is 10.3. The Kier molecular flexibility index (Phi) is 6.56. The fourth-order valence-corrected chi connectivity index (χ4v) is 7.40. The van der Waals surface area contributed by atoms with Gasteiger partial charge in [0.1, 0.15) is 0 Å². The lowest BCUT2D eigenvalue weighted by atomic mass is 9.94. The lowest BCUT2D eigenvalue weighted by Crippen LogP contribution is -2.00. The lowest BCUT2D eigenvalue weighted by Gasteiger charge is -2.18. The summed E-state index contributed by atoms with van der Waals surface area (Å²) in [6.07, 6.45) is 0. The Morgan fingerprint density at radius 3 is 1.58 bits per heavy atom. The minimum absolute atomic E-state index is 0.485. The highest BCUT2D eigenvalue weighted by atomic mass is 15.0. The Balaban J connectivity index is 1.15. The molecule has 9 rings (SSSR count). The largest absolute Gasteiger partial charge is 0.318 e. The zero-order valence-electron chi connectivity index (χ0n) is 26.7. The van der Waals surface area contributed by atoms with Crippen molar-refractivity contribution in [1.29, 1.82) is 10.5 Å². The molecule has 0 N–H and O–H groups in total. The fourth-order valence-electron chi connectivity index (χ4n) is 7.40. The predicted molar refractivity (Wildman–Crippen MR) is 202 cm³/mol. The minimum atomic E-state index is 0.485. The van der Waals surface area contributed by atoms with Gasteiger partial charge in [0, 0.05) is 32.8 Å². The van der Waals surface area contributed by atoms with Gasteiger partial charge in [-0.15, -0.1) is 0 Å². The molecule has 0 saturated carbocycles. The highest BCUT2D eigenvalue weighted by molar-refractivity contribution is 6.11. The first-order valence-electron chi connectivity index (χ1n) is 16.3. The van der Waals surface area contributed by atoms with Gasteiger partial charge in [0.15, 0.2) is 0 Å². The van der Waals surface area contributed by atoms with Gasteiger partial charge in [-0.2, -0.15) is 10.5 Å². The number of hydrogen-bond donors (Lipinski definition) is 0. The van der Waals surface area contributed by atoms with Crippen LogP contribution in [0.2, 0.25) is 0 Å². The van der Waals surface area contributed by atoms with Crippen molar-refractivity contribution in [2.75, 3.05) is 0 Å². The molecule has 0 aliphatic carbocycles. The van der Waals surface area contributed by atoms with Crippen LogP contribution in [0.15, 0.2) is 152 Å². The van der Waals surface area contributed by atoms with E-state index in [0.717, 1.165) is 71.6 Å². The summed E-state index contributed by atoms with van der Waals surface area (Å²) in [4.78, 5) is 3.95. The Morgan fingerprint density at radius 2 is 1.00 bits per heavy atom. The maximum absolute atomic E-state index is 10.3. The Bertz CT molecular complexity index is 2890. The molecular weight excluding hydrogens is 611 g/mol. The van der Waals surface area contributed by atoms with E-state index in [1.54, 1.807) is 12.1 Å². The monoisotopic (exact) mass is 635 g/mol. The molecule has 0 fully saturated rings. The zero-order chi connectivity index (χ0) is 33.8. The summed E-state index contributed by atoms with van der Waals surface area (Å²) in [5.74, 6) is 0. The highest BCUT2D eigenvalue weighted by Crippen LogP contribution is 2.43. The first-order valence-corrected chi connectivity index (χ1v) is 16.3. The van der Waals surface area contributed by atoms with Gasteiger partial charge in [-0.3, -0.25) is 0 Å². The van der Waals surface area contributed by atoms with Crippen LogP contribution in [0.25, 0.3) is 82.1 Å². The molecule has 0 atom stereocenters. The molecule has 7 aromatic carbocycles. The molecule has 0 radical (unpaired) electrons. The molecule has 9 aromatic rings. The molecule has 50 heavy (non-hydrogen) atoms. The average molecular weight is 636 g/mol. The molecule has 0 bridgehead atoms. The molecule has 5 heteroatoms. The molecule has 2 aromatic heterocycles. The molecule has 0 spiro atoms. The van der Waals surface area contributed by atoms with Crippen LogP contribution in [0.3, 0.4) is 0 Å². The number of hydrogen-bond acceptors (Lipinski definition) is 2. The first kappa shape index (κ1) is 28.8. The molecule has 0 aliphatic heterocycles. The SMILES string of the molecule is [C-]#[N+]c1ccc(C#N)c(-c2ccc(-c3ccc(-n4c5ccccc5c5cc(C#N)ccc54)cc3)cc2)c1-n1c2ccccc2c2ccccc21. The Morgan fingerprint density at radius 1 is 0.480 bits per heavy atom. The van der Waals surface area contributed by atoms with E-state index in [4.69, 9.17) is 6.57 Å². The molecule has 0 amide bonds. The second-order valence-electron chi connectivity index (χ2n) is 12.3. The first-order chi connectivity index (χ1) is 24.7. The van der Waals surface area contributed by atoms with E-state index in [9.17, 15) is 10.5 Å². The Hall–Kier alpha value is -7.39. The summed E-state index contributed by atoms with van der Waals surface area (Å²) in [6, 6.07) is 55.5. The summed E-state index contributed by atoms with van der Waals surface area (Å²) in [5.41, 5.74) is 11.2. The summed E-state index contributed by atoms with van der Waals surface area (Å²) in [7, 11) is 0.